The Morgan fingerprint density at radius 1 is 1.00 bits per heavy atom. The van der Waals surface area contributed by atoms with Crippen LogP contribution in [0.25, 0.3) is 10.8 Å². The summed E-state index contributed by atoms with van der Waals surface area (Å²) >= 11 is 12.0. The molecule has 0 aliphatic rings. The zero-order chi connectivity index (χ0) is 13.9. The van der Waals surface area contributed by atoms with Crippen LogP contribution in [0.5, 0.6) is 11.5 Å². The van der Waals surface area contributed by atoms with Crippen LogP contribution in [0.1, 0.15) is 5.56 Å². The zero-order valence-corrected chi connectivity index (χ0v) is 12.0. The van der Waals surface area contributed by atoms with Gasteiger partial charge in [-0.1, -0.05) is 35.9 Å². The highest BCUT2D eigenvalue weighted by Gasteiger charge is 2.07. The molecule has 0 radical (unpaired) electrons. The van der Waals surface area contributed by atoms with Crippen LogP contribution in [-0.2, 0) is 5.88 Å². The fourth-order valence-corrected chi connectivity index (χ4v) is 2.42. The number of rotatable bonds is 3. The second-order valence-electron chi connectivity index (χ2n) is 4.36. The SMILES string of the molecule is ClCc1cncc(Oc2ccc(Cl)c3ccccc23)c1. The fraction of sp³-hybridized carbons (Fsp3) is 0.0625. The van der Waals surface area contributed by atoms with Crippen molar-refractivity contribution in [2.45, 2.75) is 5.88 Å². The summed E-state index contributed by atoms with van der Waals surface area (Å²) in [4.78, 5) is 4.11. The number of benzene rings is 2. The number of pyridine rings is 1. The molecule has 100 valence electrons. The average Bonchev–Trinajstić information content (AvgIpc) is 2.51. The summed E-state index contributed by atoms with van der Waals surface area (Å²) in [6, 6.07) is 13.4. The summed E-state index contributed by atoms with van der Waals surface area (Å²) in [5, 5.41) is 2.64. The Labute approximate surface area is 126 Å². The molecule has 0 saturated heterocycles. The molecule has 1 heterocycles. The van der Waals surface area contributed by atoms with Gasteiger partial charge in [0, 0.05) is 27.9 Å². The lowest BCUT2D eigenvalue weighted by atomic mass is 10.1. The number of hydrogen-bond donors (Lipinski definition) is 0. The number of nitrogens with zero attached hydrogens (tertiary/aromatic N) is 1. The summed E-state index contributed by atoms with van der Waals surface area (Å²) in [5.74, 6) is 1.82. The van der Waals surface area contributed by atoms with Crippen LogP contribution < -0.4 is 4.74 Å². The lowest BCUT2D eigenvalue weighted by molar-refractivity contribution is 0.485. The van der Waals surface area contributed by atoms with Crippen LogP contribution in [0.2, 0.25) is 5.02 Å². The highest BCUT2D eigenvalue weighted by Crippen LogP contribution is 2.34. The molecule has 0 aliphatic heterocycles. The van der Waals surface area contributed by atoms with E-state index in [1.165, 1.54) is 0 Å². The van der Waals surface area contributed by atoms with Crippen LogP contribution >= 0.6 is 23.2 Å². The van der Waals surface area contributed by atoms with Gasteiger partial charge in [0.05, 0.1) is 6.20 Å². The summed E-state index contributed by atoms with van der Waals surface area (Å²) in [6.07, 6.45) is 3.39. The molecule has 1 aromatic heterocycles. The van der Waals surface area contributed by atoms with Gasteiger partial charge in [-0.15, -0.1) is 11.6 Å². The summed E-state index contributed by atoms with van der Waals surface area (Å²) < 4.78 is 5.91. The van der Waals surface area contributed by atoms with Crippen molar-refractivity contribution in [3.8, 4) is 11.5 Å². The van der Waals surface area contributed by atoms with Gasteiger partial charge in [0.25, 0.3) is 0 Å². The van der Waals surface area contributed by atoms with Crippen LogP contribution in [-0.4, -0.2) is 4.98 Å². The smallest absolute Gasteiger partial charge is 0.146 e. The maximum Gasteiger partial charge on any atom is 0.146 e. The largest absolute Gasteiger partial charge is 0.455 e. The Hall–Kier alpha value is -1.77. The molecule has 0 bridgehead atoms. The Kier molecular flexibility index (Phi) is 3.77. The highest BCUT2D eigenvalue weighted by atomic mass is 35.5. The number of aromatic nitrogens is 1. The molecule has 2 nitrogen and oxygen atoms in total. The molecule has 0 spiro atoms. The molecule has 0 unspecified atom stereocenters. The first kappa shape index (κ1) is 13.2. The quantitative estimate of drug-likeness (QED) is 0.603. The molecule has 4 heteroatoms. The summed E-state index contributed by atoms with van der Waals surface area (Å²) in [7, 11) is 0. The Balaban J connectivity index is 2.04. The number of hydrogen-bond acceptors (Lipinski definition) is 2. The van der Waals surface area contributed by atoms with Crippen molar-refractivity contribution in [3.05, 3.63) is 65.4 Å². The highest BCUT2D eigenvalue weighted by molar-refractivity contribution is 6.35. The predicted octanol–water partition coefficient (Wildman–Crippen LogP) is 5.42. The molecule has 0 atom stereocenters. The lowest BCUT2D eigenvalue weighted by Gasteiger charge is -2.10. The van der Waals surface area contributed by atoms with Crippen molar-refractivity contribution < 1.29 is 4.74 Å². The minimum Gasteiger partial charge on any atom is -0.455 e. The number of halogens is 2. The molecule has 3 aromatic rings. The molecule has 2 aromatic carbocycles. The third kappa shape index (κ3) is 2.58. The molecule has 0 N–H and O–H groups in total. The molecule has 0 fully saturated rings. The summed E-state index contributed by atoms with van der Waals surface area (Å²) in [6.45, 7) is 0. The van der Waals surface area contributed by atoms with E-state index in [-0.39, 0.29) is 0 Å². The fourth-order valence-electron chi connectivity index (χ4n) is 2.04. The average molecular weight is 304 g/mol. The molecule has 3 rings (SSSR count). The van der Waals surface area contributed by atoms with Gasteiger partial charge in [0.15, 0.2) is 0 Å². The van der Waals surface area contributed by atoms with Gasteiger partial charge in [0.1, 0.15) is 11.5 Å². The van der Waals surface area contributed by atoms with Crippen molar-refractivity contribution in [2.75, 3.05) is 0 Å². The first-order chi connectivity index (χ1) is 9.78. The normalized spacial score (nSPS) is 10.7. The van der Waals surface area contributed by atoms with E-state index in [0.717, 1.165) is 22.1 Å². The first-order valence-corrected chi connectivity index (χ1v) is 7.04. The second kappa shape index (κ2) is 5.70. The third-order valence-corrected chi connectivity index (χ3v) is 3.62. The van der Waals surface area contributed by atoms with E-state index >= 15 is 0 Å². The van der Waals surface area contributed by atoms with Gasteiger partial charge in [-0.25, -0.2) is 0 Å². The van der Waals surface area contributed by atoms with Gasteiger partial charge < -0.3 is 4.74 Å². The van der Waals surface area contributed by atoms with Gasteiger partial charge in [-0.3, -0.25) is 4.98 Å². The molecule has 0 amide bonds. The van der Waals surface area contributed by atoms with E-state index < -0.39 is 0 Å². The van der Waals surface area contributed by atoms with Crippen molar-refractivity contribution in [2.24, 2.45) is 0 Å². The minimum absolute atomic E-state index is 0.408. The molecule has 0 aliphatic carbocycles. The second-order valence-corrected chi connectivity index (χ2v) is 5.03. The van der Waals surface area contributed by atoms with E-state index in [4.69, 9.17) is 27.9 Å². The number of ether oxygens (including phenoxy) is 1. The minimum atomic E-state index is 0.408. The van der Waals surface area contributed by atoms with E-state index in [1.807, 2.05) is 42.5 Å². The molecule has 20 heavy (non-hydrogen) atoms. The van der Waals surface area contributed by atoms with Crippen LogP contribution in [0.3, 0.4) is 0 Å². The maximum atomic E-state index is 6.19. The van der Waals surface area contributed by atoms with E-state index in [9.17, 15) is 0 Å². The summed E-state index contributed by atoms with van der Waals surface area (Å²) in [5.41, 5.74) is 0.919. The topological polar surface area (TPSA) is 22.1 Å². The van der Waals surface area contributed by atoms with Crippen molar-refractivity contribution in [3.63, 3.8) is 0 Å². The number of fused-ring (bicyclic) bond motifs is 1. The van der Waals surface area contributed by atoms with Crippen LogP contribution in [0.15, 0.2) is 54.9 Å². The standard InChI is InChI=1S/C16H11Cl2NO/c17-8-11-7-12(10-19-9-11)20-16-6-5-15(18)13-3-1-2-4-14(13)16/h1-7,9-10H,8H2. The first-order valence-electron chi connectivity index (χ1n) is 6.13. The Bertz CT molecular complexity index is 758. The molecular weight excluding hydrogens is 293 g/mol. The Morgan fingerprint density at radius 2 is 1.80 bits per heavy atom. The van der Waals surface area contributed by atoms with Gasteiger partial charge in [-0.2, -0.15) is 0 Å². The van der Waals surface area contributed by atoms with E-state index in [2.05, 4.69) is 4.98 Å². The predicted molar refractivity (Wildman–Crippen MR) is 82.8 cm³/mol. The van der Waals surface area contributed by atoms with Gasteiger partial charge in [0.2, 0.25) is 0 Å². The monoisotopic (exact) mass is 303 g/mol. The van der Waals surface area contributed by atoms with Gasteiger partial charge >= 0.3 is 0 Å². The Morgan fingerprint density at radius 3 is 2.60 bits per heavy atom. The third-order valence-electron chi connectivity index (χ3n) is 2.98. The van der Waals surface area contributed by atoms with Gasteiger partial charge in [-0.05, 0) is 23.8 Å². The van der Waals surface area contributed by atoms with Crippen molar-refractivity contribution >= 4 is 34.0 Å². The molecular formula is C16H11Cl2NO. The van der Waals surface area contributed by atoms with E-state index in [1.54, 1.807) is 12.4 Å². The van der Waals surface area contributed by atoms with Crippen molar-refractivity contribution in [1.82, 2.24) is 4.98 Å². The molecule has 0 saturated carbocycles. The van der Waals surface area contributed by atoms with Crippen LogP contribution in [0.4, 0.5) is 0 Å². The lowest BCUT2D eigenvalue weighted by Crippen LogP contribution is -1.89. The van der Waals surface area contributed by atoms with E-state index in [0.29, 0.717) is 16.7 Å². The number of alkyl halides is 1. The zero-order valence-electron chi connectivity index (χ0n) is 10.5. The van der Waals surface area contributed by atoms with Crippen molar-refractivity contribution in [1.29, 1.82) is 0 Å². The van der Waals surface area contributed by atoms with Crippen LogP contribution in [0, 0.1) is 0 Å². The maximum absolute atomic E-state index is 6.19.